The smallest absolute Gasteiger partial charge is 0.256 e. The molecular formula is C19H18Cl2N4O. The third-order valence-corrected chi connectivity index (χ3v) is 5.32. The Kier molecular flexibility index (Phi) is 4.42. The summed E-state index contributed by atoms with van der Waals surface area (Å²) in [6, 6.07) is 11.0. The number of hydrogen-bond donors (Lipinski definition) is 2. The molecule has 0 spiro atoms. The Morgan fingerprint density at radius 3 is 2.58 bits per heavy atom. The van der Waals surface area contributed by atoms with E-state index in [4.69, 9.17) is 28.9 Å². The molecule has 0 radical (unpaired) electrons. The SMILES string of the molecule is Nc1cccc(Cl)c1N1CCN(C(=O)c2c[nH]c3cc(Cl)ccc23)CC1. The molecule has 1 aliphatic heterocycles. The molecule has 1 fully saturated rings. The second kappa shape index (κ2) is 6.74. The topological polar surface area (TPSA) is 65.4 Å². The number of hydrogen-bond acceptors (Lipinski definition) is 3. The number of rotatable bonds is 2. The summed E-state index contributed by atoms with van der Waals surface area (Å²) in [7, 11) is 0. The van der Waals surface area contributed by atoms with Crippen LogP contribution >= 0.6 is 23.2 Å². The van der Waals surface area contributed by atoms with Gasteiger partial charge in [-0.05, 0) is 24.3 Å². The lowest BCUT2D eigenvalue weighted by atomic mass is 10.1. The third kappa shape index (κ3) is 2.97. The average molecular weight is 389 g/mol. The Morgan fingerprint density at radius 2 is 1.85 bits per heavy atom. The number of para-hydroxylation sites is 1. The molecule has 0 unspecified atom stereocenters. The van der Waals surface area contributed by atoms with E-state index in [1.165, 1.54) is 0 Å². The van der Waals surface area contributed by atoms with Crippen molar-refractivity contribution in [3.05, 3.63) is 58.2 Å². The zero-order chi connectivity index (χ0) is 18.3. The molecule has 0 aliphatic carbocycles. The molecule has 3 N–H and O–H groups in total. The molecule has 1 saturated heterocycles. The maximum absolute atomic E-state index is 12.9. The molecule has 2 heterocycles. The van der Waals surface area contributed by atoms with Gasteiger partial charge in [-0.15, -0.1) is 0 Å². The molecule has 5 nitrogen and oxygen atoms in total. The van der Waals surface area contributed by atoms with Crippen molar-refractivity contribution in [3.63, 3.8) is 0 Å². The van der Waals surface area contributed by atoms with Crippen molar-refractivity contribution in [2.75, 3.05) is 36.8 Å². The summed E-state index contributed by atoms with van der Waals surface area (Å²) in [5, 5.41) is 2.17. The summed E-state index contributed by atoms with van der Waals surface area (Å²) in [6.45, 7) is 2.61. The van der Waals surface area contributed by atoms with Crippen LogP contribution in [-0.4, -0.2) is 42.0 Å². The quantitative estimate of drug-likeness (QED) is 0.651. The fraction of sp³-hybridized carbons (Fsp3) is 0.211. The molecule has 1 amide bonds. The molecule has 26 heavy (non-hydrogen) atoms. The summed E-state index contributed by atoms with van der Waals surface area (Å²) in [5.41, 5.74) is 9.12. The molecule has 0 saturated carbocycles. The van der Waals surface area contributed by atoms with E-state index >= 15 is 0 Å². The monoisotopic (exact) mass is 388 g/mol. The number of aromatic nitrogens is 1. The highest BCUT2D eigenvalue weighted by molar-refractivity contribution is 6.34. The summed E-state index contributed by atoms with van der Waals surface area (Å²) in [4.78, 5) is 20.1. The molecular weight excluding hydrogens is 371 g/mol. The first-order valence-electron chi connectivity index (χ1n) is 8.39. The van der Waals surface area contributed by atoms with Crippen LogP contribution in [0.5, 0.6) is 0 Å². The molecule has 0 atom stereocenters. The summed E-state index contributed by atoms with van der Waals surface area (Å²) in [5.74, 6) is 0.0188. The molecule has 0 bridgehead atoms. The van der Waals surface area contributed by atoms with Crippen molar-refractivity contribution in [2.45, 2.75) is 0 Å². The fourth-order valence-electron chi connectivity index (χ4n) is 3.44. The highest BCUT2D eigenvalue weighted by atomic mass is 35.5. The summed E-state index contributed by atoms with van der Waals surface area (Å²) in [6.07, 6.45) is 1.75. The number of H-pyrrole nitrogens is 1. The van der Waals surface area contributed by atoms with Crippen molar-refractivity contribution < 1.29 is 4.79 Å². The second-order valence-electron chi connectivity index (χ2n) is 6.35. The van der Waals surface area contributed by atoms with Gasteiger partial charge in [-0.3, -0.25) is 4.79 Å². The van der Waals surface area contributed by atoms with E-state index in [0.717, 1.165) is 16.6 Å². The molecule has 3 aromatic rings. The Hall–Kier alpha value is -2.37. The van der Waals surface area contributed by atoms with Crippen LogP contribution in [0.1, 0.15) is 10.4 Å². The summed E-state index contributed by atoms with van der Waals surface area (Å²) < 4.78 is 0. The van der Waals surface area contributed by atoms with E-state index in [1.54, 1.807) is 12.3 Å². The number of piperazine rings is 1. The van der Waals surface area contributed by atoms with Crippen LogP contribution in [0.15, 0.2) is 42.6 Å². The minimum Gasteiger partial charge on any atom is -0.397 e. The average Bonchev–Trinajstić information content (AvgIpc) is 3.04. The predicted octanol–water partition coefficient (Wildman–Crippen LogP) is 4.02. The molecule has 2 aromatic carbocycles. The van der Waals surface area contributed by atoms with Crippen molar-refractivity contribution in [1.29, 1.82) is 0 Å². The molecule has 1 aliphatic rings. The van der Waals surface area contributed by atoms with Crippen LogP contribution in [0.3, 0.4) is 0 Å². The Balaban J connectivity index is 1.51. The molecule has 4 rings (SSSR count). The fourth-order valence-corrected chi connectivity index (χ4v) is 3.92. The van der Waals surface area contributed by atoms with Gasteiger partial charge in [-0.1, -0.05) is 35.3 Å². The number of anilines is 2. The highest BCUT2D eigenvalue weighted by Crippen LogP contribution is 2.32. The van der Waals surface area contributed by atoms with Crippen molar-refractivity contribution in [3.8, 4) is 0 Å². The Labute approximate surface area is 161 Å². The maximum Gasteiger partial charge on any atom is 0.256 e. The number of amides is 1. The van der Waals surface area contributed by atoms with Crippen LogP contribution in [0.4, 0.5) is 11.4 Å². The summed E-state index contributed by atoms with van der Waals surface area (Å²) >= 11 is 12.3. The van der Waals surface area contributed by atoms with Gasteiger partial charge < -0.3 is 20.5 Å². The number of nitrogens with one attached hydrogen (secondary N) is 1. The lowest BCUT2D eigenvalue weighted by Crippen LogP contribution is -2.49. The molecule has 1 aromatic heterocycles. The van der Waals surface area contributed by atoms with E-state index in [9.17, 15) is 4.79 Å². The van der Waals surface area contributed by atoms with Gasteiger partial charge in [0.2, 0.25) is 0 Å². The van der Waals surface area contributed by atoms with Gasteiger partial charge in [-0.2, -0.15) is 0 Å². The minimum absolute atomic E-state index is 0.0188. The van der Waals surface area contributed by atoms with E-state index < -0.39 is 0 Å². The van der Waals surface area contributed by atoms with Crippen LogP contribution in [-0.2, 0) is 0 Å². The van der Waals surface area contributed by atoms with Crippen LogP contribution < -0.4 is 10.6 Å². The lowest BCUT2D eigenvalue weighted by molar-refractivity contribution is 0.0749. The van der Waals surface area contributed by atoms with E-state index in [0.29, 0.717) is 47.5 Å². The first-order valence-corrected chi connectivity index (χ1v) is 9.15. The van der Waals surface area contributed by atoms with Crippen molar-refractivity contribution >= 4 is 51.4 Å². The third-order valence-electron chi connectivity index (χ3n) is 4.78. The standard InChI is InChI=1S/C19H18Cl2N4O/c20-12-4-5-13-14(11-23-17(13)10-12)19(26)25-8-6-24(7-9-25)18-15(21)2-1-3-16(18)22/h1-5,10-11,23H,6-9,22H2. The number of carbonyl (C=O) groups excluding carboxylic acids is 1. The van der Waals surface area contributed by atoms with Gasteiger partial charge >= 0.3 is 0 Å². The lowest BCUT2D eigenvalue weighted by Gasteiger charge is -2.37. The van der Waals surface area contributed by atoms with Crippen LogP contribution in [0.2, 0.25) is 10.0 Å². The Bertz CT molecular complexity index is 957. The molecule has 7 heteroatoms. The van der Waals surface area contributed by atoms with Crippen molar-refractivity contribution in [2.24, 2.45) is 0 Å². The number of nitrogen functional groups attached to an aromatic ring is 1. The van der Waals surface area contributed by atoms with Gasteiger partial charge in [0, 0.05) is 48.3 Å². The zero-order valence-corrected chi connectivity index (χ0v) is 15.5. The van der Waals surface area contributed by atoms with Gasteiger partial charge in [0.1, 0.15) is 0 Å². The first-order chi connectivity index (χ1) is 12.5. The van der Waals surface area contributed by atoms with Crippen molar-refractivity contribution in [1.82, 2.24) is 9.88 Å². The van der Waals surface area contributed by atoms with Gasteiger partial charge in [-0.25, -0.2) is 0 Å². The number of benzene rings is 2. The maximum atomic E-state index is 12.9. The number of fused-ring (bicyclic) bond motifs is 1. The molecule has 134 valence electrons. The normalized spacial score (nSPS) is 14.8. The number of aromatic amines is 1. The first kappa shape index (κ1) is 17.1. The van der Waals surface area contributed by atoms with Crippen LogP contribution in [0, 0.1) is 0 Å². The van der Waals surface area contributed by atoms with E-state index in [2.05, 4.69) is 9.88 Å². The number of carbonyl (C=O) groups is 1. The van der Waals surface area contributed by atoms with Gasteiger partial charge in [0.15, 0.2) is 0 Å². The van der Waals surface area contributed by atoms with Crippen LogP contribution in [0.25, 0.3) is 10.9 Å². The van der Waals surface area contributed by atoms with Gasteiger partial charge in [0.25, 0.3) is 5.91 Å². The number of halogens is 2. The minimum atomic E-state index is 0.0188. The largest absolute Gasteiger partial charge is 0.397 e. The number of nitrogens with zero attached hydrogens (tertiary/aromatic N) is 2. The second-order valence-corrected chi connectivity index (χ2v) is 7.19. The predicted molar refractivity (Wildman–Crippen MR) is 107 cm³/mol. The van der Waals surface area contributed by atoms with E-state index in [1.807, 2.05) is 35.2 Å². The van der Waals surface area contributed by atoms with Gasteiger partial charge in [0.05, 0.1) is 22.0 Å². The highest BCUT2D eigenvalue weighted by Gasteiger charge is 2.25. The van der Waals surface area contributed by atoms with E-state index in [-0.39, 0.29) is 5.91 Å². The Morgan fingerprint density at radius 1 is 1.08 bits per heavy atom. The number of nitrogens with two attached hydrogens (primary N) is 1. The zero-order valence-electron chi connectivity index (χ0n) is 14.0.